The van der Waals surface area contributed by atoms with Crippen molar-refractivity contribution in [1.29, 1.82) is 5.26 Å². The molecule has 1 aliphatic carbocycles. The maximum Gasteiger partial charge on any atom is 0.251 e. The van der Waals surface area contributed by atoms with Gasteiger partial charge in [-0.25, -0.2) is 9.97 Å². The Morgan fingerprint density at radius 1 is 1.31 bits per heavy atom. The summed E-state index contributed by atoms with van der Waals surface area (Å²) in [4.78, 5) is 21.2. The van der Waals surface area contributed by atoms with Crippen molar-refractivity contribution < 1.29 is 4.79 Å². The molecule has 1 saturated carbocycles. The predicted octanol–water partition coefficient (Wildman–Crippen LogP) is 3.67. The first-order valence-electron chi connectivity index (χ1n) is 8.93. The molecule has 1 atom stereocenters. The highest BCUT2D eigenvalue weighted by Crippen LogP contribution is 2.41. The summed E-state index contributed by atoms with van der Waals surface area (Å²) in [5, 5.41) is 16.6. The SMILES string of the molecule is C[C@@H](NC(=O)c1cc(Cl)cc(C2CC2)c1)c1ncnn1-c1ccc(C#N)cn1.S. The van der Waals surface area contributed by atoms with Crippen molar-refractivity contribution >= 4 is 31.0 Å². The maximum absolute atomic E-state index is 12.8. The number of carbonyl (C=O) groups is 1. The molecule has 1 aliphatic rings. The molecule has 9 heteroatoms. The molecular weight excluding hydrogens is 408 g/mol. The molecule has 0 spiro atoms. The number of hydrogen-bond donors (Lipinski definition) is 1. The molecule has 0 aliphatic heterocycles. The molecule has 7 nitrogen and oxygen atoms in total. The smallest absolute Gasteiger partial charge is 0.251 e. The Balaban J connectivity index is 0.00000240. The summed E-state index contributed by atoms with van der Waals surface area (Å²) in [6.07, 6.45) is 5.15. The van der Waals surface area contributed by atoms with Gasteiger partial charge < -0.3 is 5.32 Å². The number of nitrogens with one attached hydrogen (secondary N) is 1. The number of rotatable bonds is 5. The second-order valence-corrected chi connectivity index (χ2v) is 7.23. The molecule has 1 N–H and O–H groups in total. The Hall–Kier alpha value is -2.89. The van der Waals surface area contributed by atoms with Gasteiger partial charge in [0.15, 0.2) is 11.6 Å². The lowest BCUT2D eigenvalue weighted by molar-refractivity contribution is 0.0937. The molecule has 0 saturated heterocycles. The maximum atomic E-state index is 12.8. The second-order valence-electron chi connectivity index (χ2n) is 6.79. The van der Waals surface area contributed by atoms with Crippen LogP contribution in [0.15, 0.2) is 42.9 Å². The van der Waals surface area contributed by atoms with Crippen LogP contribution in [0.1, 0.15) is 59.0 Å². The number of nitriles is 1. The van der Waals surface area contributed by atoms with E-state index in [0.717, 1.165) is 18.4 Å². The van der Waals surface area contributed by atoms with Crippen LogP contribution in [0.3, 0.4) is 0 Å². The number of hydrogen-bond acceptors (Lipinski definition) is 5. The van der Waals surface area contributed by atoms with Crippen LogP contribution in [0.5, 0.6) is 0 Å². The molecule has 1 fully saturated rings. The van der Waals surface area contributed by atoms with Gasteiger partial charge in [0.2, 0.25) is 0 Å². The molecule has 2 aromatic heterocycles. The molecule has 0 bridgehead atoms. The average molecular weight is 427 g/mol. The van der Waals surface area contributed by atoms with Crippen molar-refractivity contribution in [3.8, 4) is 11.9 Å². The third-order valence-corrected chi connectivity index (χ3v) is 4.85. The molecule has 29 heavy (non-hydrogen) atoms. The van der Waals surface area contributed by atoms with E-state index in [1.54, 1.807) is 22.9 Å². The number of aromatic nitrogens is 4. The van der Waals surface area contributed by atoms with E-state index in [4.69, 9.17) is 16.9 Å². The van der Waals surface area contributed by atoms with Gasteiger partial charge in [-0.1, -0.05) is 11.6 Å². The molecule has 4 rings (SSSR count). The van der Waals surface area contributed by atoms with E-state index < -0.39 is 6.04 Å². The third kappa shape index (κ3) is 4.58. The van der Waals surface area contributed by atoms with E-state index in [1.165, 1.54) is 12.5 Å². The largest absolute Gasteiger partial charge is 0.342 e. The fourth-order valence-electron chi connectivity index (χ4n) is 3.04. The first kappa shape index (κ1) is 20.8. The van der Waals surface area contributed by atoms with Crippen LogP contribution < -0.4 is 5.32 Å². The summed E-state index contributed by atoms with van der Waals surface area (Å²) in [6, 6.07) is 10.5. The van der Waals surface area contributed by atoms with Gasteiger partial charge in [-0.15, -0.1) is 0 Å². The Kier molecular flexibility index (Phi) is 6.20. The summed E-state index contributed by atoms with van der Waals surface area (Å²) in [5.74, 6) is 1.34. The zero-order valence-corrected chi connectivity index (χ0v) is 17.4. The van der Waals surface area contributed by atoms with Crippen molar-refractivity contribution in [2.75, 3.05) is 0 Å². The summed E-state index contributed by atoms with van der Waals surface area (Å²) < 4.78 is 1.54. The van der Waals surface area contributed by atoms with Crippen molar-refractivity contribution in [3.63, 3.8) is 0 Å². The highest BCUT2D eigenvalue weighted by Gasteiger charge is 2.25. The standard InChI is InChI=1S/C20H17ClN6O.H2S/c1-12(19-24-11-25-27(19)18-5-2-13(9-22)10-23-18)26-20(28)16-6-15(14-3-4-14)7-17(21)8-16;/h2,5-8,10-12,14H,3-4H2,1H3,(H,26,28);1H2/t12-;/m1./s1. The number of carbonyl (C=O) groups excluding carboxylic acids is 1. The monoisotopic (exact) mass is 426 g/mol. The summed E-state index contributed by atoms with van der Waals surface area (Å²) >= 11 is 6.19. The first-order chi connectivity index (χ1) is 13.5. The van der Waals surface area contributed by atoms with Crippen LogP contribution in [0.2, 0.25) is 5.02 Å². The fourth-order valence-corrected chi connectivity index (χ4v) is 3.28. The lowest BCUT2D eigenvalue weighted by atomic mass is 10.1. The quantitative estimate of drug-likeness (QED) is 0.671. The topological polar surface area (TPSA) is 96.5 Å². The minimum Gasteiger partial charge on any atom is -0.342 e. The lowest BCUT2D eigenvalue weighted by Gasteiger charge is -2.15. The minimum absolute atomic E-state index is 0. The van der Waals surface area contributed by atoms with Gasteiger partial charge in [0.25, 0.3) is 5.91 Å². The van der Waals surface area contributed by atoms with Crippen molar-refractivity contribution in [2.45, 2.75) is 31.7 Å². The van der Waals surface area contributed by atoms with Gasteiger partial charge >= 0.3 is 0 Å². The number of halogens is 1. The minimum atomic E-state index is -0.407. The van der Waals surface area contributed by atoms with Crippen molar-refractivity contribution in [1.82, 2.24) is 25.1 Å². The molecule has 1 aromatic carbocycles. The fraction of sp³-hybridized carbons (Fsp3) is 0.250. The number of benzene rings is 1. The number of pyridine rings is 1. The Morgan fingerprint density at radius 3 is 2.76 bits per heavy atom. The van der Waals surface area contributed by atoms with E-state index in [1.807, 2.05) is 25.1 Å². The number of amides is 1. The van der Waals surface area contributed by atoms with Crippen LogP contribution in [0, 0.1) is 11.3 Å². The Bertz CT molecular complexity index is 1070. The molecule has 0 unspecified atom stereocenters. The number of nitrogens with zero attached hydrogens (tertiary/aromatic N) is 5. The molecule has 2 heterocycles. The van der Waals surface area contributed by atoms with Gasteiger partial charge in [-0.3, -0.25) is 4.79 Å². The highest BCUT2D eigenvalue weighted by atomic mass is 35.5. The molecule has 3 aromatic rings. The first-order valence-corrected chi connectivity index (χ1v) is 9.30. The van der Waals surface area contributed by atoms with Crippen LogP contribution in [0.25, 0.3) is 5.82 Å². The zero-order chi connectivity index (χ0) is 19.7. The van der Waals surface area contributed by atoms with Gasteiger partial charge in [-0.05, 0) is 61.6 Å². The Morgan fingerprint density at radius 2 is 2.10 bits per heavy atom. The van der Waals surface area contributed by atoms with E-state index in [9.17, 15) is 4.79 Å². The van der Waals surface area contributed by atoms with Crippen LogP contribution in [0.4, 0.5) is 0 Å². The van der Waals surface area contributed by atoms with Crippen LogP contribution in [-0.4, -0.2) is 25.7 Å². The average Bonchev–Trinajstić information content (AvgIpc) is 3.44. The molecule has 1 amide bonds. The van der Waals surface area contributed by atoms with E-state index in [0.29, 0.717) is 33.7 Å². The van der Waals surface area contributed by atoms with Crippen LogP contribution in [-0.2, 0) is 0 Å². The molecule has 148 valence electrons. The Labute approximate surface area is 180 Å². The van der Waals surface area contributed by atoms with E-state index in [2.05, 4.69) is 20.4 Å². The zero-order valence-electron chi connectivity index (χ0n) is 15.6. The van der Waals surface area contributed by atoms with Crippen molar-refractivity contribution in [2.24, 2.45) is 0 Å². The second kappa shape index (κ2) is 8.64. The molecular formula is C20H19ClN6OS. The van der Waals surface area contributed by atoms with Gasteiger partial charge in [0, 0.05) is 16.8 Å². The van der Waals surface area contributed by atoms with Gasteiger partial charge in [-0.2, -0.15) is 28.5 Å². The summed E-state index contributed by atoms with van der Waals surface area (Å²) in [6.45, 7) is 1.83. The summed E-state index contributed by atoms with van der Waals surface area (Å²) in [5.41, 5.74) is 2.10. The van der Waals surface area contributed by atoms with E-state index in [-0.39, 0.29) is 19.4 Å². The van der Waals surface area contributed by atoms with E-state index >= 15 is 0 Å². The molecule has 0 radical (unpaired) electrons. The normalized spacial score (nSPS) is 13.8. The van der Waals surface area contributed by atoms with Crippen LogP contribution >= 0.6 is 25.1 Å². The highest BCUT2D eigenvalue weighted by molar-refractivity contribution is 7.59. The third-order valence-electron chi connectivity index (χ3n) is 4.63. The van der Waals surface area contributed by atoms with Crippen molar-refractivity contribution in [3.05, 3.63) is 70.4 Å². The predicted molar refractivity (Wildman–Crippen MR) is 114 cm³/mol. The summed E-state index contributed by atoms with van der Waals surface area (Å²) in [7, 11) is 0. The lowest BCUT2D eigenvalue weighted by Crippen LogP contribution is -2.29. The van der Waals surface area contributed by atoms with Gasteiger partial charge in [0.1, 0.15) is 12.4 Å². The van der Waals surface area contributed by atoms with Gasteiger partial charge in [0.05, 0.1) is 11.6 Å².